The molecule has 0 amide bonds. The Hall–Kier alpha value is -2.00. The molecule has 0 saturated carbocycles. The molecule has 3 rings (SSSR count). The van der Waals surface area contributed by atoms with E-state index in [4.69, 9.17) is 21.8 Å². The van der Waals surface area contributed by atoms with Gasteiger partial charge in [-0.15, -0.1) is 0 Å². The minimum absolute atomic E-state index is 0.142. The van der Waals surface area contributed by atoms with Crippen molar-refractivity contribution in [2.75, 3.05) is 5.73 Å². The molecule has 0 bridgehead atoms. The Morgan fingerprint density at radius 1 is 1.25 bits per heavy atom. The Bertz CT molecular complexity index is 698. The van der Waals surface area contributed by atoms with Crippen molar-refractivity contribution < 1.29 is 4.42 Å². The Labute approximate surface area is 122 Å². The first-order valence-electron chi connectivity index (χ1n) is 6.59. The number of halogens is 1. The molecule has 3 nitrogen and oxygen atoms in total. The molecule has 1 aromatic heterocycles. The summed E-state index contributed by atoms with van der Waals surface area (Å²) in [5.74, 6) is 0.846. The first-order valence-corrected chi connectivity index (χ1v) is 6.97. The summed E-state index contributed by atoms with van der Waals surface area (Å²) in [6.45, 7) is 2.12. The smallest absolute Gasteiger partial charge is 0.203 e. The Morgan fingerprint density at radius 2 is 2.00 bits per heavy atom. The van der Waals surface area contributed by atoms with Crippen LogP contribution in [0, 0.1) is 0 Å². The van der Waals surface area contributed by atoms with Crippen LogP contribution < -0.4 is 5.73 Å². The summed E-state index contributed by atoms with van der Waals surface area (Å²) in [4.78, 5) is 4.56. The van der Waals surface area contributed by atoms with Gasteiger partial charge in [0.05, 0.1) is 16.6 Å². The van der Waals surface area contributed by atoms with Crippen molar-refractivity contribution in [3.63, 3.8) is 0 Å². The second kappa shape index (κ2) is 5.17. The molecule has 1 unspecified atom stereocenters. The van der Waals surface area contributed by atoms with E-state index in [1.807, 2.05) is 18.2 Å². The zero-order valence-corrected chi connectivity index (χ0v) is 11.9. The van der Waals surface area contributed by atoms with E-state index < -0.39 is 0 Å². The number of nitrogens with zero attached hydrogens (tertiary/aromatic N) is 1. The van der Waals surface area contributed by atoms with Crippen LogP contribution in [0.1, 0.15) is 30.7 Å². The number of nitrogens with two attached hydrogens (primary N) is 1. The number of hydrogen-bond acceptors (Lipinski definition) is 3. The van der Waals surface area contributed by atoms with E-state index in [1.54, 1.807) is 12.1 Å². The molecule has 0 aliphatic carbocycles. The normalized spacial score (nSPS) is 12.7. The fourth-order valence-corrected chi connectivity index (χ4v) is 2.53. The van der Waals surface area contributed by atoms with Crippen LogP contribution in [-0.2, 0) is 0 Å². The predicted octanol–water partition coefficient (Wildman–Crippen LogP) is 4.61. The highest BCUT2D eigenvalue weighted by atomic mass is 35.5. The summed E-state index contributed by atoms with van der Waals surface area (Å²) in [5.41, 5.74) is 8.92. The fourth-order valence-electron chi connectivity index (χ4n) is 2.37. The molecule has 4 heteroatoms. The molecule has 2 N–H and O–H groups in total. The number of nitrogen functional groups attached to an aromatic ring is 1. The summed E-state index contributed by atoms with van der Waals surface area (Å²) in [7, 11) is 0. The van der Waals surface area contributed by atoms with Gasteiger partial charge in [-0.05, 0) is 18.1 Å². The number of fused-ring (bicyclic) bond motifs is 1. The van der Waals surface area contributed by atoms with Gasteiger partial charge in [0.1, 0.15) is 5.52 Å². The molecule has 1 heterocycles. The maximum atomic E-state index is 6.02. The van der Waals surface area contributed by atoms with Crippen molar-refractivity contribution in [1.29, 1.82) is 0 Å². The van der Waals surface area contributed by atoms with Crippen LogP contribution >= 0.6 is 11.6 Å². The van der Waals surface area contributed by atoms with E-state index >= 15 is 0 Å². The molecule has 2 aromatic carbocycles. The number of rotatable bonds is 3. The van der Waals surface area contributed by atoms with E-state index in [9.17, 15) is 0 Å². The second-order valence-electron chi connectivity index (χ2n) is 4.77. The minimum atomic E-state index is 0.142. The highest BCUT2D eigenvalue weighted by Gasteiger charge is 2.19. The molecule has 3 aromatic rings. The Kier molecular flexibility index (Phi) is 3.36. The molecule has 0 radical (unpaired) electrons. The van der Waals surface area contributed by atoms with E-state index in [2.05, 4.69) is 24.0 Å². The molecular weight excluding hydrogens is 272 g/mol. The average Bonchev–Trinajstić information content (AvgIpc) is 2.84. The maximum Gasteiger partial charge on any atom is 0.203 e. The quantitative estimate of drug-likeness (QED) is 0.716. The third-order valence-electron chi connectivity index (χ3n) is 3.43. The lowest BCUT2D eigenvalue weighted by atomic mass is 9.97. The first kappa shape index (κ1) is 13.0. The topological polar surface area (TPSA) is 52.0 Å². The number of benzene rings is 2. The third-order valence-corrected chi connectivity index (χ3v) is 3.76. The largest absolute Gasteiger partial charge is 0.440 e. The monoisotopic (exact) mass is 286 g/mol. The van der Waals surface area contributed by atoms with Gasteiger partial charge in [0.2, 0.25) is 5.89 Å². The molecule has 0 spiro atoms. The highest BCUT2D eigenvalue weighted by Crippen LogP contribution is 2.32. The van der Waals surface area contributed by atoms with Crippen LogP contribution in [0.2, 0.25) is 5.02 Å². The van der Waals surface area contributed by atoms with Crippen molar-refractivity contribution in [1.82, 2.24) is 4.98 Å². The molecule has 20 heavy (non-hydrogen) atoms. The third kappa shape index (κ3) is 2.25. The van der Waals surface area contributed by atoms with Crippen molar-refractivity contribution in [2.24, 2.45) is 0 Å². The van der Waals surface area contributed by atoms with Crippen LogP contribution in [0.4, 0.5) is 5.69 Å². The van der Waals surface area contributed by atoms with Gasteiger partial charge in [0.15, 0.2) is 5.58 Å². The van der Waals surface area contributed by atoms with E-state index in [0.717, 1.165) is 11.9 Å². The molecule has 1 atom stereocenters. The van der Waals surface area contributed by atoms with Crippen molar-refractivity contribution >= 4 is 28.4 Å². The van der Waals surface area contributed by atoms with Gasteiger partial charge < -0.3 is 10.2 Å². The zero-order chi connectivity index (χ0) is 14.1. The summed E-state index contributed by atoms with van der Waals surface area (Å²) >= 11 is 6.02. The standard InChI is InChI=1S/C16H15ClN2O/c1-2-11(10-6-4-3-5-7-10)16-19-14-8-12(17)13(18)9-15(14)20-16/h3-9,11H,2,18H2,1H3. The summed E-state index contributed by atoms with van der Waals surface area (Å²) < 4.78 is 5.86. The van der Waals surface area contributed by atoms with Crippen LogP contribution in [0.15, 0.2) is 46.9 Å². The van der Waals surface area contributed by atoms with E-state index in [0.29, 0.717) is 22.2 Å². The second-order valence-corrected chi connectivity index (χ2v) is 5.17. The molecule has 0 aliphatic rings. The SMILES string of the molecule is CCC(c1ccccc1)c1nc2cc(Cl)c(N)cc2o1. The van der Waals surface area contributed by atoms with Crippen LogP contribution in [0.3, 0.4) is 0 Å². The number of oxazole rings is 1. The molecule has 102 valence electrons. The molecule has 0 saturated heterocycles. The van der Waals surface area contributed by atoms with Crippen molar-refractivity contribution in [3.05, 3.63) is 58.9 Å². The van der Waals surface area contributed by atoms with Gasteiger partial charge in [-0.2, -0.15) is 0 Å². The van der Waals surface area contributed by atoms with Crippen LogP contribution in [0.5, 0.6) is 0 Å². The number of anilines is 1. The predicted molar refractivity (Wildman–Crippen MR) is 82.0 cm³/mol. The van der Waals surface area contributed by atoms with Gasteiger partial charge in [-0.3, -0.25) is 0 Å². The van der Waals surface area contributed by atoms with Gasteiger partial charge in [0, 0.05) is 6.07 Å². The maximum absolute atomic E-state index is 6.02. The zero-order valence-electron chi connectivity index (χ0n) is 11.1. The van der Waals surface area contributed by atoms with Crippen LogP contribution in [-0.4, -0.2) is 4.98 Å². The lowest BCUT2D eigenvalue weighted by molar-refractivity contribution is 0.493. The van der Waals surface area contributed by atoms with Crippen molar-refractivity contribution in [3.8, 4) is 0 Å². The first-order chi connectivity index (χ1) is 9.69. The lowest BCUT2D eigenvalue weighted by Gasteiger charge is -2.10. The fraction of sp³-hybridized carbons (Fsp3) is 0.188. The Balaban J connectivity index is 2.09. The van der Waals surface area contributed by atoms with E-state index in [1.165, 1.54) is 5.56 Å². The van der Waals surface area contributed by atoms with Crippen molar-refractivity contribution in [2.45, 2.75) is 19.3 Å². The summed E-state index contributed by atoms with van der Waals surface area (Å²) in [6, 6.07) is 13.7. The number of hydrogen-bond donors (Lipinski definition) is 1. The minimum Gasteiger partial charge on any atom is -0.440 e. The summed E-state index contributed by atoms with van der Waals surface area (Å²) in [6.07, 6.45) is 0.917. The Morgan fingerprint density at radius 3 is 2.70 bits per heavy atom. The van der Waals surface area contributed by atoms with Crippen LogP contribution in [0.25, 0.3) is 11.1 Å². The van der Waals surface area contributed by atoms with Gasteiger partial charge in [0.25, 0.3) is 0 Å². The van der Waals surface area contributed by atoms with E-state index in [-0.39, 0.29) is 5.92 Å². The molecule has 0 aliphatic heterocycles. The van der Waals surface area contributed by atoms with Gasteiger partial charge in [-0.25, -0.2) is 4.98 Å². The van der Waals surface area contributed by atoms with Gasteiger partial charge in [-0.1, -0.05) is 48.9 Å². The average molecular weight is 287 g/mol. The van der Waals surface area contributed by atoms with Gasteiger partial charge >= 0.3 is 0 Å². The number of aromatic nitrogens is 1. The molecular formula is C16H15ClN2O. The summed E-state index contributed by atoms with van der Waals surface area (Å²) in [5, 5.41) is 0.505. The highest BCUT2D eigenvalue weighted by molar-refractivity contribution is 6.33. The molecule has 0 fully saturated rings. The lowest BCUT2D eigenvalue weighted by Crippen LogP contribution is -1.99.